The van der Waals surface area contributed by atoms with Crippen LogP contribution in [-0.2, 0) is 11.2 Å². The summed E-state index contributed by atoms with van der Waals surface area (Å²) in [7, 11) is 0. The van der Waals surface area contributed by atoms with Crippen LogP contribution >= 0.6 is 11.6 Å². The van der Waals surface area contributed by atoms with E-state index in [9.17, 15) is 4.79 Å². The van der Waals surface area contributed by atoms with Crippen molar-refractivity contribution in [3.8, 4) is 0 Å². The normalized spacial score (nSPS) is 12.1. The second kappa shape index (κ2) is 5.55. The molecule has 5 nitrogen and oxygen atoms in total. The Bertz CT molecular complexity index is 528. The van der Waals surface area contributed by atoms with Crippen LogP contribution in [0.2, 0.25) is 5.02 Å². The third-order valence-corrected chi connectivity index (χ3v) is 2.67. The minimum atomic E-state index is -0.823. The first kappa shape index (κ1) is 12.4. The number of rotatable bonds is 4. The Morgan fingerprint density at radius 3 is 2.94 bits per heavy atom. The standard InChI is InChI=1S/C12H12ClN3O2/c13-9-3-1-2-8(6-9)7-11(18-12(14)17)10-4-5-15-16-10/h1-6,11H,7H2,(H2,14,17)(H,15,16)/t11-/m0/s1. The summed E-state index contributed by atoms with van der Waals surface area (Å²) in [5.41, 5.74) is 6.70. The topological polar surface area (TPSA) is 81.0 Å². The van der Waals surface area contributed by atoms with Gasteiger partial charge >= 0.3 is 6.09 Å². The molecule has 1 atom stereocenters. The van der Waals surface area contributed by atoms with Crippen LogP contribution in [0.3, 0.4) is 0 Å². The molecule has 0 saturated heterocycles. The second-order valence-corrected chi connectivity index (χ2v) is 4.21. The van der Waals surface area contributed by atoms with Crippen molar-refractivity contribution in [2.45, 2.75) is 12.5 Å². The number of hydrogen-bond acceptors (Lipinski definition) is 3. The van der Waals surface area contributed by atoms with E-state index in [1.807, 2.05) is 18.2 Å². The molecule has 2 aromatic rings. The molecule has 0 aliphatic heterocycles. The first-order valence-corrected chi connectivity index (χ1v) is 5.73. The molecule has 0 fully saturated rings. The number of H-pyrrole nitrogens is 1. The van der Waals surface area contributed by atoms with Crippen molar-refractivity contribution in [2.24, 2.45) is 5.73 Å². The number of ether oxygens (including phenoxy) is 1. The Kier molecular flexibility index (Phi) is 3.84. The Hall–Kier alpha value is -2.01. The highest BCUT2D eigenvalue weighted by Gasteiger charge is 2.17. The molecule has 1 amide bonds. The third kappa shape index (κ3) is 3.24. The molecule has 0 unspecified atom stereocenters. The first-order valence-electron chi connectivity index (χ1n) is 5.35. The Labute approximate surface area is 109 Å². The van der Waals surface area contributed by atoms with Gasteiger partial charge in [-0.15, -0.1) is 0 Å². The molecule has 0 aliphatic carbocycles. The average Bonchev–Trinajstić information content (AvgIpc) is 2.80. The van der Waals surface area contributed by atoms with Gasteiger partial charge in [-0.3, -0.25) is 5.10 Å². The molecule has 3 N–H and O–H groups in total. The van der Waals surface area contributed by atoms with Gasteiger partial charge in [0.25, 0.3) is 0 Å². The molecule has 0 bridgehead atoms. The lowest BCUT2D eigenvalue weighted by Gasteiger charge is -2.15. The van der Waals surface area contributed by atoms with Gasteiger partial charge in [-0.2, -0.15) is 5.10 Å². The molecule has 1 aromatic heterocycles. The third-order valence-electron chi connectivity index (χ3n) is 2.44. The monoisotopic (exact) mass is 265 g/mol. The number of amides is 1. The number of aromatic nitrogens is 2. The first-order chi connectivity index (χ1) is 8.65. The molecule has 0 aliphatic rings. The van der Waals surface area contributed by atoms with Gasteiger partial charge in [-0.05, 0) is 23.8 Å². The predicted octanol–water partition coefficient (Wildman–Crippen LogP) is 2.44. The lowest BCUT2D eigenvalue weighted by molar-refractivity contribution is 0.104. The number of hydrogen-bond donors (Lipinski definition) is 2. The van der Waals surface area contributed by atoms with E-state index in [1.54, 1.807) is 18.3 Å². The number of halogens is 1. The van der Waals surface area contributed by atoms with Gasteiger partial charge in [0.15, 0.2) is 0 Å². The van der Waals surface area contributed by atoms with Crippen molar-refractivity contribution in [3.63, 3.8) is 0 Å². The van der Waals surface area contributed by atoms with Crippen LogP contribution in [0.25, 0.3) is 0 Å². The Morgan fingerprint density at radius 2 is 2.33 bits per heavy atom. The van der Waals surface area contributed by atoms with Gasteiger partial charge in [-0.1, -0.05) is 23.7 Å². The Balaban J connectivity index is 2.17. The molecular weight excluding hydrogens is 254 g/mol. The molecule has 6 heteroatoms. The number of benzene rings is 1. The van der Waals surface area contributed by atoms with Gasteiger partial charge in [0.05, 0.1) is 5.69 Å². The highest BCUT2D eigenvalue weighted by molar-refractivity contribution is 6.30. The fraction of sp³-hybridized carbons (Fsp3) is 0.167. The maximum atomic E-state index is 10.9. The van der Waals surface area contributed by atoms with Crippen molar-refractivity contribution < 1.29 is 9.53 Å². The molecule has 0 radical (unpaired) electrons. The zero-order chi connectivity index (χ0) is 13.0. The van der Waals surface area contributed by atoms with E-state index in [2.05, 4.69) is 10.2 Å². The summed E-state index contributed by atoms with van der Waals surface area (Å²) in [6.07, 6.45) is 0.746. The molecular formula is C12H12ClN3O2. The average molecular weight is 266 g/mol. The Morgan fingerprint density at radius 1 is 1.50 bits per heavy atom. The summed E-state index contributed by atoms with van der Waals surface area (Å²) < 4.78 is 5.06. The van der Waals surface area contributed by atoms with Crippen molar-refractivity contribution in [1.82, 2.24) is 10.2 Å². The van der Waals surface area contributed by atoms with E-state index in [0.29, 0.717) is 17.1 Å². The summed E-state index contributed by atoms with van der Waals surface area (Å²) >= 11 is 5.91. The molecule has 0 spiro atoms. The number of primary amides is 1. The van der Waals surface area contributed by atoms with E-state index in [1.165, 1.54) is 0 Å². The van der Waals surface area contributed by atoms with Crippen LogP contribution in [0.5, 0.6) is 0 Å². The number of nitrogens with one attached hydrogen (secondary N) is 1. The fourth-order valence-corrected chi connectivity index (χ4v) is 1.89. The van der Waals surface area contributed by atoms with Gasteiger partial charge in [0.2, 0.25) is 0 Å². The predicted molar refractivity (Wildman–Crippen MR) is 67.2 cm³/mol. The number of nitrogens with zero attached hydrogens (tertiary/aromatic N) is 1. The molecule has 94 valence electrons. The summed E-state index contributed by atoms with van der Waals surface area (Å²) in [4.78, 5) is 10.9. The minimum absolute atomic E-state index is 0.478. The lowest BCUT2D eigenvalue weighted by atomic mass is 10.1. The molecule has 1 heterocycles. The summed E-state index contributed by atoms with van der Waals surface area (Å²) in [6, 6.07) is 9.07. The SMILES string of the molecule is NC(=O)O[C@@H](Cc1cccc(Cl)c1)c1ccn[nH]1. The number of carbonyl (C=O) groups is 1. The van der Waals surface area contributed by atoms with E-state index >= 15 is 0 Å². The lowest BCUT2D eigenvalue weighted by Crippen LogP contribution is -2.19. The van der Waals surface area contributed by atoms with Crippen LogP contribution in [0, 0.1) is 0 Å². The molecule has 18 heavy (non-hydrogen) atoms. The summed E-state index contributed by atoms with van der Waals surface area (Å²) in [6.45, 7) is 0. The highest BCUT2D eigenvalue weighted by atomic mass is 35.5. The van der Waals surface area contributed by atoms with E-state index in [4.69, 9.17) is 22.1 Å². The van der Waals surface area contributed by atoms with E-state index in [0.717, 1.165) is 5.56 Å². The number of aromatic amines is 1. The van der Waals surface area contributed by atoms with Crippen LogP contribution in [-0.4, -0.2) is 16.3 Å². The molecule has 2 rings (SSSR count). The van der Waals surface area contributed by atoms with Gasteiger partial charge in [-0.25, -0.2) is 4.79 Å². The van der Waals surface area contributed by atoms with Crippen molar-refractivity contribution in [3.05, 3.63) is 52.8 Å². The van der Waals surface area contributed by atoms with Gasteiger partial charge in [0, 0.05) is 17.6 Å². The van der Waals surface area contributed by atoms with Crippen LogP contribution in [0.15, 0.2) is 36.5 Å². The smallest absolute Gasteiger partial charge is 0.405 e. The van der Waals surface area contributed by atoms with Crippen molar-refractivity contribution >= 4 is 17.7 Å². The number of carbonyl (C=O) groups excluding carboxylic acids is 1. The van der Waals surface area contributed by atoms with Crippen LogP contribution in [0.1, 0.15) is 17.4 Å². The largest absolute Gasteiger partial charge is 0.440 e. The molecule has 0 saturated carbocycles. The van der Waals surface area contributed by atoms with Crippen molar-refractivity contribution in [2.75, 3.05) is 0 Å². The maximum Gasteiger partial charge on any atom is 0.405 e. The second-order valence-electron chi connectivity index (χ2n) is 3.77. The minimum Gasteiger partial charge on any atom is -0.440 e. The van der Waals surface area contributed by atoms with Gasteiger partial charge in [0.1, 0.15) is 6.10 Å². The zero-order valence-corrected chi connectivity index (χ0v) is 10.2. The van der Waals surface area contributed by atoms with E-state index < -0.39 is 12.2 Å². The number of nitrogens with two attached hydrogens (primary N) is 1. The summed E-state index contributed by atoms with van der Waals surface area (Å²) in [5, 5.41) is 7.22. The van der Waals surface area contributed by atoms with Gasteiger partial charge < -0.3 is 10.5 Å². The maximum absolute atomic E-state index is 10.9. The highest BCUT2D eigenvalue weighted by Crippen LogP contribution is 2.22. The molecule has 1 aromatic carbocycles. The quantitative estimate of drug-likeness (QED) is 0.891. The van der Waals surface area contributed by atoms with Crippen LogP contribution < -0.4 is 5.73 Å². The summed E-state index contributed by atoms with van der Waals surface area (Å²) in [5.74, 6) is 0. The van der Waals surface area contributed by atoms with Crippen LogP contribution in [0.4, 0.5) is 4.79 Å². The van der Waals surface area contributed by atoms with E-state index in [-0.39, 0.29) is 0 Å². The zero-order valence-electron chi connectivity index (χ0n) is 9.47. The fourth-order valence-electron chi connectivity index (χ4n) is 1.68. The van der Waals surface area contributed by atoms with Crippen molar-refractivity contribution in [1.29, 1.82) is 0 Å².